The van der Waals surface area contributed by atoms with Gasteiger partial charge < -0.3 is 23.9 Å². The van der Waals surface area contributed by atoms with Gasteiger partial charge in [-0.2, -0.15) is 0 Å². The standard InChI is InChI=1S/C53H50N6O9/c1-56(19-9-16-51(62)68-59-49(60)17-18-50(59)61)37-21-32(10-8-13-36-25-42-40(26-46(36)65-2)52(63)57-38(29-54-42)23-34-11-4-6-14-44(34)57)20-33(22-37)31-67-48-28-43-41(27-47(48)66-3)53(64)58-39(30-55-43)24-35-12-5-7-15-45(35)58/h4-7,11-12,14-15,20-22,25-30,38-39H,8-10,13,16-19,23-24,31H2,1-3H3/t38-,39-/m0/s1. The maximum Gasteiger partial charge on any atom is 0.333 e. The van der Waals surface area contributed by atoms with Crippen molar-refractivity contribution in [1.29, 1.82) is 0 Å². The van der Waals surface area contributed by atoms with Crippen molar-refractivity contribution in [2.24, 2.45) is 9.98 Å². The lowest BCUT2D eigenvalue weighted by Crippen LogP contribution is -2.37. The van der Waals surface area contributed by atoms with Gasteiger partial charge in [-0.25, -0.2) is 4.79 Å². The number of aryl methyl sites for hydroxylation is 2. The Labute approximate surface area is 393 Å². The van der Waals surface area contributed by atoms with Crippen molar-refractivity contribution >= 4 is 70.5 Å². The molecule has 5 heterocycles. The number of para-hydroxylation sites is 2. The first-order chi connectivity index (χ1) is 33.1. The number of aliphatic imine (C=N–C) groups is 2. The fourth-order valence-corrected chi connectivity index (χ4v) is 9.78. The van der Waals surface area contributed by atoms with E-state index in [4.69, 9.17) is 29.0 Å². The molecule has 0 unspecified atom stereocenters. The molecule has 0 radical (unpaired) electrons. The maximum atomic E-state index is 14.0. The number of hydroxylamine groups is 2. The van der Waals surface area contributed by atoms with E-state index in [2.05, 4.69) is 18.2 Å². The van der Waals surface area contributed by atoms with Crippen molar-refractivity contribution < 1.29 is 43.0 Å². The molecule has 1 saturated heterocycles. The van der Waals surface area contributed by atoms with Gasteiger partial charge in [0.05, 0.1) is 48.8 Å². The van der Waals surface area contributed by atoms with Crippen LogP contribution in [-0.2, 0) is 51.5 Å². The highest BCUT2D eigenvalue weighted by Gasteiger charge is 2.38. The van der Waals surface area contributed by atoms with Crippen LogP contribution in [-0.4, -0.2) is 87.0 Å². The summed E-state index contributed by atoms with van der Waals surface area (Å²) in [6, 6.07) is 29.0. The van der Waals surface area contributed by atoms with Gasteiger partial charge in [-0.1, -0.05) is 42.5 Å². The van der Waals surface area contributed by atoms with Crippen LogP contribution in [0.4, 0.5) is 28.4 Å². The quantitative estimate of drug-likeness (QED) is 0.0947. The molecule has 15 heteroatoms. The Bertz CT molecular complexity index is 2930. The summed E-state index contributed by atoms with van der Waals surface area (Å²) in [5.41, 5.74) is 9.82. The first-order valence-electron chi connectivity index (χ1n) is 22.9. The van der Waals surface area contributed by atoms with E-state index >= 15 is 0 Å². The van der Waals surface area contributed by atoms with Crippen LogP contribution in [0, 0.1) is 0 Å². The molecule has 0 aromatic heterocycles. The number of nitrogens with zero attached hydrogens (tertiary/aromatic N) is 6. The Balaban J connectivity index is 0.869. The van der Waals surface area contributed by atoms with Gasteiger partial charge in [-0.05, 0) is 96.0 Å². The second-order valence-corrected chi connectivity index (χ2v) is 17.6. The second-order valence-electron chi connectivity index (χ2n) is 17.6. The molecule has 5 aliphatic heterocycles. The highest BCUT2D eigenvalue weighted by atomic mass is 16.7. The first-order valence-corrected chi connectivity index (χ1v) is 22.9. The highest BCUT2D eigenvalue weighted by Crippen LogP contribution is 2.42. The van der Waals surface area contributed by atoms with Crippen molar-refractivity contribution in [3.05, 3.63) is 130 Å². The Morgan fingerprint density at radius 1 is 0.676 bits per heavy atom. The number of carbonyl (C=O) groups is 5. The number of hydrogen-bond acceptors (Lipinski definition) is 12. The first kappa shape index (κ1) is 44.0. The third kappa shape index (κ3) is 8.44. The zero-order chi connectivity index (χ0) is 47.1. The van der Waals surface area contributed by atoms with Gasteiger partial charge in [-0.3, -0.25) is 39.0 Å². The molecule has 1 fully saturated rings. The monoisotopic (exact) mass is 914 g/mol. The molecule has 346 valence electrons. The predicted octanol–water partition coefficient (Wildman–Crippen LogP) is 7.86. The minimum absolute atomic E-state index is 0.00934. The summed E-state index contributed by atoms with van der Waals surface area (Å²) in [6.45, 7) is 0.643. The lowest BCUT2D eigenvalue weighted by Gasteiger charge is -2.22. The van der Waals surface area contributed by atoms with Gasteiger partial charge in [0.15, 0.2) is 11.5 Å². The van der Waals surface area contributed by atoms with Gasteiger partial charge in [0.2, 0.25) is 0 Å². The number of amides is 4. The van der Waals surface area contributed by atoms with Crippen molar-refractivity contribution in [2.45, 2.75) is 76.5 Å². The minimum Gasteiger partial charge on any atom is -0.496 e. The van der Waals surface area contributed by atoms with Crippen LogP contribution in [0.2, 0.25) is 0 Å². The third-order valence-corrected chi connectivity index (χ3v) is 13.2. The zero-order valence-corrected chi connectivity index (χ0v) is 38.1. The molecule has 0 N–H and O–H groups in total. The molecular formula is C53H50N6O9. The van der Waals surface area contributed by atoms with E-state index in [0.29, 0.717) is 83.5 Å². The number of imide groups is 1. The van der Waals surface area contributed by atoms with Gasteiger partial charge in [-0.15, -0.1) is 5.06 Å². The summed E-state index contributed by atoms with van der Waals surface area (Å²) in [5.74, 6) is -0.458. The van der Waals surface area contributed by atoms with Crippen LogP contribution >= 0.6 is 0 Å². The Kier molecular flexibility index (Phi) is 12.0. The van der Waals surface area contributed by atoms with Gasteiger partial charge in [0.1, 0.15) is 12.4 Å². The van der Waals surface area contributed by atoms with Crippen molar-refractivity contribution in [3.63, 3.8) is 0 Å². The molecule has 5 aromatic rings. The minimum atomic E-state index is -0.648. The average molecular weight is 915 g/mol. The Hall–Kier alpha value is -7.81. The molecule has 0 bridgehead atoms. The topological polar surface area (TPSA) is 160 Å². The highest BCUT2D eigenvalue weighted by molar-refractivity contribution is 6.16. The molecular weight excluding hydrogens is 865 g/mol. The van der Waals surface area contributed by atoms with E-state index < -0.39 is 17.8 Å². The number of hydrogen-bond donors (Lipinski definition) is 0. The van der Waals surface area contributed by atoms with E-state index in [9.17, 15) is 24.0 Å². The fourth-order valence-electron chi connectivity index (χ4n) is 9.78. The molecule has 5 aliphatic rings. The maximum absolute atomic E-state index is 14.0. The molecule has 0 saturated carbocycles. The number of rotatable bonds is 15. The van der Waals surface area contributed by atoms with Crippen LogP contribution in [0.1, 0.15) is 80.6 Å². The van der Waals surface area contributed by atoms with E-state index in [1.54, 1.807) is 31.3 Å². The van der Waals surface area contributed by atoms with Crippen molar-refractivity contribution in [3.8, 4) is 17.2 Å². The van der Waals surface area contributed by atoms with Crippen LogP contribution in [0.15, 0.2) is 101 Å². The smallest absolute Gasteiger partial charge is 0.333 e. The summed E-state index contributed by atoms with van der Waals surface area (Å²) >= 11 is 0. The van der Waals surface area contributed by atoms with Crippen LogP contribution < -0.4 is 28.9 Å². The number of ether oxygens (including phenoxy) is 3. The zero-order valence-electron chi connectivity index (χ0n) is 38.1. The number of methoxy groups -OCH3 is 2. The normalized spacial score (nSPS) is 17.5. The van der Waals surface area contributed by atoms with Crippen molar-refractivity contribution in [2.75, 3.05) is 42.5 Å². The summed E-state index contributed by atoms with van der Waals surface area (Å²) < 4.78 is 18.2. The van der Waals surface area contributed by atoms with E-state index in [1.807, 2.05) is 89.9 Å². The number of anilines is 3. The second kappa shape index (κ2) is 18.5. The fraction of sp³-hybridized carbons (Fsp3) is 0.302. The van der Waals surface area contributed by atoms with Crippen LogP contribution in [0.3, 0.4) is 0 Å². The Morgan fingerprint density at radius 3 is 1.90 bits per heavy atom. The molecule has 5 aromatic carbocycles. The number of benzene rings is 5. The SMILES string of the molecule is COc1cc2c(cc1CCCc1cc(COc3cc4c(cc3OC)C(=O)N3c5ccccc5C[C@H]3C=N4)cc(N(C)CCCC(=O)ON3C(=O)CCC3=O)c1)N=C[C@@H]1Cc3ccccc3N1C2=O. The summed E-state index contributed by atoms with van der Waals surface area (Å²) in [5, 5.41) is 0.572. The lowest BCUT2D eigenvalue weighted by molar-refractivity contribution is -0.197. The molecule has 4 amide bonds. The van der Waals surface area contributed by atoms with Crippen molar-refractivity contribution in [1.82, 2.24) is 5.06 Å². The predicted molar refractivity (Wildman–Crippen MR) is 256 cm³/mol. The molecule has 68 heavy (non-hydrogen) atoms. The lowest BCUT2D eigenvalue weighted by atomic mass is 9.99. The molecule has 2 atom stereocenters. The van der Waals surface area contributed by atoms with Gasteiger partial charge in [0.25, 0.3) is 23.6 Å². The van der Waals surface area contributed by atoms with Crippen LogP contribution in [0.25, 0.3) is 0 Å². The van der Waals surface area contributed by atoms with E-state index in [0.717, 1.165) is 51.3 Å². The van der Waals surface area contributed by atoms with E-state index in [-0.39, 0.29) is 49.8 Å². The van der Waals surface area contributed by atoms with Gasteiger partial charge in [0, 0.05) is 81.3 Å². The molecule has 0 spiro atoms. The third-order valence-electron chi connectivity index (χ3n) is 13.2. The summed E-state index contributed by atoms with van der Waals surface area (Å²) in [7, 11) is 5.09. The number of fused-ring (bicyclic) bond motifs is 8. The summed E-state index contributed by atoms with van der Waals surface area (Å²) in [6.07, 6.45) is 7.67. The van der Waals surface area contributed by atoms with E-state index in [1.165, 1.54) is 0 Å². The molecule has 0 aliphatic carbocycles. The Morgan fingerprint density at radius 2 is 1.26 bits per heavy atom. The number of carbonyl (C=O) groups excluding carboxylic acids is 5. The average Bonchev–Trinajstić information content (AvgIpc) is 3.96. The van der Waals surface area contributed by atoms with Crippen LogP contribution in [0.5, 0.6) is 17.2 Å². The molecule has 10 rings (SSSR count). The molecule has 15 nitrogen and oxygen atoms in total. The summed E-state index contributed by atoms with van der Waals surface area (Å²) in [4.78, 5) is 85.0. The largest absolute Gasteiger partial charge is 0.496 e. The van der Waals surface area contributed by atoms with Gasteiger partial charge >= 0.3 is 5.97 Å².